The second-order valence-electron chi connectivity index (χ2n) is 15.0. The summed E-state index contributed by atoms with van der Waals surface area (Å²) < 4.78 is 30.2. The third kappa shape index (κ3) is 7.48. The number of ether oxygens (including phenoxy) is 5. The van der Waals surface area contributed by atoms with E-state index in [9.17, 15) is 29.1 Å². The van der Waals surface area contributed by atoms with E-state index in [-0.39, 0.29) is 54.5 Å². The van der Waals surface area contributed by atoms with Crippen LogP contribution in [0.3, 0.4) is 0 Å². The van der Waals surface area contributed by atoms with Crippen molar-refractivity contribution in [3.05, 3.63) is 45.1 Å². The van der Waals surface area contributed by atoms with Gasteiger partial charge in [0.2, 0.25) is 18.1 Å². The Hall–Kier alpha value is -4.15. The topological polar surface area (TPSA) is 158 Å². The smallest absolute Gasteiger partial charge is 0.339 e. The van der Waals surface area contributed by atoms with E-state index in [4.69, 9.17) is 46.9 Å². The molecular weight excluding hydrogens is 831 g/mol. The molecule has 0 unspecified atom stereocenters. The Morgan fingerprint density at radius 1 is 0.828 bits per heavy atom. The van der Waals surface area contributed by atoms with E-state index in [1.165, 1.54) is 36.5 Å². The standard InChI is InChI=1S/C41H44Cl2N2O11S2/c1-18-16-57-38-27(48)10-25-33(31(18)38)23(12-42)14-44(25)29(49)8-7-9-30(50)45-15-24(13-43)34-26(45)11-28(39-32(34)19(2)17-58-39)55-41-20(3)35(53-21(4)46)36(54-22(5)47)37(56-41)40(51)52-6/h10-11,16-17,20,23-24,35-37,41,48H,7-9,12-15H2,1-6H3/t20-,23-,24-,35-,36+,37+,41-/m1/s1. The summed E-state index contributed by atoms with van der Waals surface area (Å²) in [7, 11) is 1.16. The molecule has 17 heteroatoms. The van der Waals surface area contributed by atoms with Crippen LogP contribution in [0.1, 0.15) is 74.1 Å². The molecule has 2 aromatic carbocycles. The van der Waals surface area contributed by atoms with Crippen LogP contribution in [0.2, 0.25) is 0 Å². The minimum Gasteiger partial charge on any atom is -0.506 e. The lowest BCUT2D eigenvalue weighted by atomic mass is 9.91. The number of thiophene rings is 2. The Kier molecular flexibility index (Phi) is 12.2. The van der Waals surface area contributed by atoms with Crippen molar-refractivity contribution in [3.63, 3.8) is 0 Å². The highest BCUT2D eigenvalue weighted by atomic mass is 35.5. The van der Waals surface area contributed by atoms with Crippen molar-refractivity contribution in [1.29, 1.82) is 0 Å². The molecule has 0 spiro atoms. The van der Waals surface area contributed by atoms with Crippen LogP contribution in [-0.4, -0.2) is 91.4 Å². The van der Waals surface area contributed by atoms with Gasteiger partial charge < -0.3 is 38.6 Å². The number of methoxy groups -OCH3 is 1. The minimum atomic E-state index is -1.47. The van der Waals surface area contributed by atoms with Gasteiger partial charge in [-0.05, 0) is 53.3 Å². The van der Waals surface area contributed by atoms with Gasteiger partial charge in [0, 0.05) is 86.3 Å². The molecule has 310 valence electrons. The Morgan fingerprint density at radius 3 is 1.88 bits per heavy atom. The van der Waals surface area contributed by atoms with Gasteiger partial charge in [0.25, 0.3) is 0 Å². The van der Waals surface area contributed by atoms with Crippen LogP contribution in [0, 0.1) is 19.8 Å². The fourth-order valence-electron chi connectivity index (χ4n) is 8.51. The average Bonchev–Trinajstić information content (AvgIpc) is 3.96. The number of anilines is 2. The van der Waals surface area contributed by atoms with E-state index in [0.717, 1.165) is 49.5 Å². The van der Waals surface area contributed by atoms with Gasteiger partial charge in [0.1, 0.15) is 11.5 Å². The Morgan fingerprint density at radius 2 is 1.34 bits per heavy atom. The van der Waals surface area contributed by atoms with Crippen LogP contribution in [0.15, 0.2) is 22.9 Å². The molecule has 4 aromatic rings. The van der Waals surface area contributed by atoms with Gasteiger partial charge in [0.15, 0.2) is 18.3 Å². The number of aryl methyl sites for hydroxylation is 2. The molecule has 0 aliphatic carbocycles. The summed E-state index contributed by atoms with van der Waals surface area (Å²) in [4.78, 5) is 68.5. The lowest BCUT2D eigenvalue weighted by Gasteiger charge is -2.42. The van der Waals surface area contributed by atoms with Crippen molar-refractivity contribution >= 4 is 107 Å². The average molecular weight is 876 g/mol. The molecule has 7 rings (SSSR count). The summed E-state index contributed by atoms with van der Waals surface area (Å²) >= 11 is 15.9. The van der Waals surface area contributed by atoms with Crippen LogP contribution in [0.4, 0.5) is 11.4 Å². The zero-order chi connectivity index (χ0) is 41.7. The van der Waals surface area contributed by atoms with Crippen molar-refractivity contribution in [2.24, 2.45) is 5.92 Å². The minimum absolute atomic E-state index is 0.0791. The van der Waals surface area contributed by atoms with Crippen molar-refractivity contribution < 1.29 is 52.8 Å². The van der Waals surface area contributed by atoms with E-state index in [1.54, 1.807) is 28.9 Å². The molecule has 13 nitrogen and oxygen atoms in total. The zero-order valence-electron chi connectivity index (χ0n) is 32.8. The van der Waals surface area contributed by atoms with Gasteiger partial charge in [0.05, 0.1) is 33.8 Å². The normalized spacial score (nSPS) is 23.8. The van der Waals surface area contributed by atoms with Crippen LogP contribution in [-0.2, 0) is 42.9 Å². The fourth-order valence-corrected chi connectivity index (χ4v) is 11.0. The molecule has 5 heterocycles. The van der Waals surface area contributed by atoms with Crippen molar-refractivity contribution in [1.82, 2.24) is 0 Å². The van der Waals surface area contributed by atoms with Gasteiger partial charge in [-0.25, -0.2) is 4.79 Å². The fraction of sp³-hybridized carbons (Fsp3) is 0.488. The predicted octanol–water partition coefficient (Wildman–Crippen LogP) is 7.42. The van der Waals surface area contributed by atoms with E-state index in [2.05, 4.69) is 0 Å². The van der Waals surface area contributed by atoms with Crippen LogP contribution in [0.25, 0.3) is 20.2 Å². The lowest BCUT2D eigenvalue weighted by molar-refractivity contribution is -0.261. The number of alkyl halides is 2. The van der Waals surface area contributed by atoms with Crippen molar-refractivity contribution in [2.75, 3.05) is 41.8 Å². The summed E-state index contributed by atoms with van der Waals surface area (Å²) in [5, 5.41) is 16.6. The summed E-state index contributed by atoms with van der Waals surface area (Å²) in [5.41, 5.74) is 5.13. The number of carbonyl (C=O) groups excluding carboxylic acids is 5. The van der Waals surface area contributed by atoms with Gasteiger partial charge in [-0.15, -0.1) is 45.9 Å². The van der Waals surface area contributed by atoms with Crippen molar-refractivity contribution in [3.8, 4) is 11.5 Å². The summed E-state index contributed by atoms with van der Waals surface area (Å²) in [6, 6.07) is 3.41. The van der Waals surface area contributed by atoms with Crippen molar-refractivity contribution in [2.45, 2.75) is 90.3 Å². The first kappa shape index (κ1) is 42.0. The molecule has 2 aromatic heterocycles. The molecule has 0 saturated carbocycles. The maximum absolute atomic E-state index is 14.1. The maximum Gasteiger partial charge on any atom is 0.339 e. The van der Waals surface area contributed by atoms with E-state index < -0.39 is 48.4 Å². The molecule has 0 radical (unpaired) electrons. The van der Waals surface area contributed by atoms with Crippen LogP contribution in [0.5, 0.6) is 11.5 Å². The molecule has 1 fully saturated rings. The molecule has 7 atom stereocenters. The number of esters is 3. The molecule has 1 N–H and O–H groups in total. The molecule has 3 aliphatic heterocycles. The first-order valence-electron chi connectivity index (χ1n) is 18.9. The van der Waals surface area contributed by atoms with Gasteiger partial charge in [-0.1, -0.05) is 6.92 Å². The number of benzene rings is 2. The number of rotatable bonds is 11. The highest BCUT2D eigenvalue weighted by Gasteiger charge is 2.52. The molecule has 2 amide bonds. The number of carbonyl (C=O) groups is 5. The highest BCUT2D eigenvalue weighted by molar-refractivity contribution is 7.18. The highest BCUT2D eigenvalue weighted by Crippen LogP contribution is 2.51. The second kappa shape index (κ2) is 16.8. The monoisotopic (exact) mass is 874 g/mol. The van der Waals surface area contributed by atoms with E-state index in [1.807, 2.05) is 24.6 Å². The number of phenols is 1. The molecular formula is C41H44Cl2N2O11S2. The van der Waals surface area contributed by atoms with Crippen LogP contribution < -0.4 is 14.5 Å². The number of hydrogen-bond donors (Lipinski definition) is 1. The Bertz CT molecular complexity index is 2310. The summed E-state index contributed by atoms with van der Waals surface area (Å²) in [6.07, 6.45) is -4.61. The number of fused-ring (bicyclic) bond motifs is 6. The van der Waals surface area contributed by atoms with Gasteiger partial charge in [-0.3, -0.25) is 19.2 Å². The predicted molar refractivity (Wildman–Crippen MR) is 222 cm³/mol. The first-order chi connectivity index (χ1) is 27.7. The maximum atomic E-state index is 14.1. The zero-order valence-corrected chi connectivity index (χ0v) is 35.9. The SMILES string of the molecule is COC(=O)[C@H]1O[C@@H](Oc2cc3c(c4c(C)csc24)[C@H](CCl)CN3C(=O)CCCC(=O)N2C[C@@H](CCl)c3c2cc(O)c2scc(C)c32)[C@H](C)[C@@H](OC(C)=O)[C@@H]1OC(C)=O. The number of nitrogens with zero attached hydrogens (tertiary/aromatic N) is 2. The molecule has 3 aliphatic rings. The lowest BCUT2D eigenvalue weighted by Crippen LogP contribution is -2.60. The third-order valence-electron chi connectivity index (χ3n) is 11.1. The number of hydrogen-bond acceptors (Lipinski definition) is 13. The second-order valence-corrected chi connectivity index (χ2v) is 17.4. The van der Waals surface area contributed by atoms with E-state index >= 15 is 0 Å². The third-order valence-corrected chi connectivity index (χ3v) is 14.1. The molecule has 1 saturated heterocycles. The number of phenolic OH excluding ortho intramolecular Hbond substituents is 1. The van der Waals surface area contributed by atoms with Gasteiger partial charge in [-0.2, -0.15) is 0 Å². The number of aromatic hydroxyl groups is 1. The summed E-state index contributed by atoms with van der Waals surface area (Å²) in [6.45, 7) is 8.74. The van der Waals surface area contributed by atoms with Gasteiger partial charge >= 0.3 is 17.9 Å². The first-order valence-corrected chi connectivity index (χ1v) is 21.8. The summed E-state index contributed by atoms with van der Waals surface area (Å²) in [5.74, 6) is -2.51. The van der Waals surface area contributed by atoms with E-state index in [0.29, 0.717) is 36.1 Å². The molecule has 58 heavy (non-hydrogen) atoms. The van der Waals surface area contributed by atoms with Crippen LogP contribution >= 0.6 is 45.9 Å². The largest absolute Gasteiger partial charge is 0.506 e. The number of halogens is 2. The molecule has 0 bridgehead atoms. The number of amides is 2. The Balaban J connectivity index is 1.14. The Labute approximate surface area is 353 Å². The quantitative estimate of drug-likeness (QED) is 0.0908.